The minimum atomic E-state index is 0.920. The molecule has 0 aliphatic rings. The van der Waals surface area contributed by atoms with E-state index in [0.717, 1.165) is 11.0 Å². The van der Waals surface area contributed by atoms with Gasteiger partial charge in [-0.05, 0) is 75.7 Å². The molecule has 0 N–H and O–H groups in total. The summed E-state index contributed by atoms with van der Waals surface area (Å²) in [5.74, 6) is 0. The van der Waals surface area contributed by atoms with Gasteiger partial charge < -0.3 is 4.90 Å². The van der Waals surface area contributed by atoms with Crippen LogP contribution in [0.5, 0.6) is 0 Å². The monoisotopic (exact) mass is 427 g/mol. The van der Waals surface area contributed by atoms with Crippen LogP contribution in [-0.2, 0) is 6.54 Å². The number of benzene rings is 5. The van der Waals surface area contributed by atoms with E-state index < -0.39 is 0 Å². The molecule has 2 heteroatoms. The average Bonchev–Trinajstić information content (AvgIpc) is 2.68. The van der Waals surface area contributed by atoms with E-state index in [-0.39, 0.29) is 0 Å². The smallest absolute Gasteiger partial charge is 0.0254 e. The summed E-state index contributed by atoms with van der Waals surface area (Å²) in [5, 5.41) is 10.6. The van der Waals surface area contributed by atoms with Gasteiger partial charge in [0.25, 0.3) is 0 Å². The van der Waals surface area contributed by atoms with Gasteiger partial charge in [-0.3, -0.25) is 0 Å². The normalized spacial score (nSPS) is 12.0. The number of halogens is 1. The summed E-state index contributed by atoms with van der Waals surface area (Å²) < 4.78 is 1.15. The lowest BCUT2D eigenvalue weighted by Gasteiger charge is -2.17. The van der Waals surface area contributed by atoms with E-state index in [4.69, 9.17) is 0 Å². The maximum atomic E-state index is 3.79. The summed E-state index contributed by atoms with van der Waals surface area (Å²) >= 11 is 3.79. The molecule has 0 fully saturated rings. The Balaban J connectivity index is 2.10. The zero-order valence-corrected chi connectivity index (χ0v) is 18.0. The Bertz CT molecular complexity index is 1380. The fourth-order valence-electron chi connectivity index (χ4n) is 4.43. The van der Waals surface area contributed by atoms with Gasteiger partial charge in [0, 0.05) is 11.0 Å². The molecule has 0 saturated carbocycles. The minimum Gasteiger partial charge on any atom is -0.305 e. The lowest BCUT2D eigenvalue weighted by molar-refractivity contribution is 0.404. The second kappa shape index (κ2) is 6.58. The lowest BCUT2D eigenvalue weighted by atomic mass is 9.90. The van der Waals surface area contributed by atoms with Gasteiger partial charge in [-0.25, -0.2) is 0 Å². The third kappa shape index (κ3) is 2.71. The average molecular weight is 428 g/mol. The fourth-order valence-corrected chi connectivity index (χ4v) is 4.89. The molecule has 0 bridgehead atoms. The Kier molecular flexibility index (Phi) is 4.15. The van der Waals surface area contributed by atoms with E-state index in [0.29, 0.717) is 0 Å². The molecule has 0 aliphatic carbocycles. The van der Waals surface area contributed by atoms with Crippen molar-refractivity contribution < 1.29 is 0 Å². The van der Waals surface area contributed by atoms with Gasteiger partial charge >= 0.3 is 0 Å². The first-order valence-corrected chi connectivity index (χ1v) is 10.4. The van der Waals surface area contributed by atoms with Crippen LogP contribution in [0.15, 0.2) is 71.2 Å². The van der Waals surface area contributed by atoms with Crippen molar-refractivity contribution in [3.63, 3.8) is 0 Å². The topological polar surface area (TPSA) is 3.24 Å². The van der Waals surface area contributed by atoms with Crippen molar-refractivity contribution in [3.8, 4) is 0 Å². The Morgan fingerprint density at radius 3 is 2.07 bits per heavy atom. The van der Waals surface area contributed by atoms with Crippen molar-refractivity contribution in [2.24, 2.45) is 0 Å². The third-order valence-electron chi connectivity index (χ3n) is 5.64. The summed E-state index contributed by atoms with van der Waals surface area (Å²) in [6, 6.07) is 24.8. The molecule has 5 aromatic rings. The van der Waals surface area contributed by atoms with Crippen LogP contribution in [0.25, 0.3) is 43.1 Å². The highest BCUT2D eigenvalue weighted by atomic mass is 79.9. The third-order valence-corrected chi connectivity index (χ3v) is 6.33. The van der Waals surface area contributed by atoms with E-state index >= 15 is 0 Å². The largest absolute Gasteiger partial charge is 0.305 e. The van der Waals surface area contributed by atoms with Gasteiger partial charge in [0.05, 0.1) is 0 Å². The molecule has 0 heterocycles. The number of fused-ring (bicyclic) bond motifs is 7. The first-order chi connectivity index (χ1) is 13.5. The van der Waals surface area contributed by atoms with Crippen LogP contribution in [0.3, 0.4) is 0 Å². The van der Waals surface area contributed by atoms with Gasteiger partial charge in [-0.1, -0.05) is 82.2 Å². The maximum absolute atomic E-state index is 3.79. The standard InChI is InChI=1S/C26H22BrN/c1-16-4-5-17-6-7-18-8-9-19-10-12-21-23(27)13-11-20(15-28(2)3)25(21)26(19)24(18)22(17)14-16/h4-14H,15H2,1-3H3. The quantitative estimate of drug-likeness (QED) is 0.264. The molecule has 0 amide bonds. The van der Waals surface area contributed by atoms with Gasteiger partial charge in [0.1, 0.15) is 0 Å². The molecule has 28 heavy (non-hydrogen) atoms. The zero-order valence-electron chi connectivity index (χ0n) is 16.4. The molecule has 0 atom stereocenters. The molecular weight excluding hydrogens is 406 g/mol. The summed E-state index contributed by atoms with van der Waals surface area (Å²) in [5.41, 5.74) is 2.66. The minimum absolute atomic E-state index is 0.920. The van der Waals surface area contributed by atoms with E-state index in [1.807, 2.05) is 0 Å². The van der Waals surface area contributed by atoms with Crippen LogP contribution in [-0.4, -0.2) is 19.0 Å². The Labute approximate surface area is 173 Å². The van der Waals surface area contributed by atoms with Crippen molar-refractivity contribution in [1.82, 2.24) is 4.90 Å². The van der Waals surface area contributed by atoms with Crippen molar-refractivity contribution in [1.29, 1.82) is 0 Å². The van der Waals surface area contributed by atoms with Gasteiger partial charge in [-0.15, -0.1) is 0 Å². The van der Waals surface area contributed by atoms with Crippen molar-refractivity contribution in [3.05, 3.63) is 82.3 Å². The van der Waals surface area contributed by atoms with Crippen LogP contribution in [0, 0.1) is 6.92 Å². The van der Waals surface area contributed by atoms with E-state index in [9.17, 15) is 0 Å². The zero-order chi connectivity index (χ0) is 19.4. The van der Waals surface area contributed by atoms with Crippen LogP contribution in [0.4, 0.5) is 0 Å². The predicted octanol–water partition coefficient (Wildman–Crippen LogP) is 7.43. The lowest BCUT2D eigenvalue weighted by Crippen LogP contribution is -2.11. The van der Waals surface area contributed by atoms with Crippen molar-refractivity contribution in [2.75, 3.05) is 14.1 Å². The van der Waals surface area contributed by atoms with Crippen LogP contribution < -0.4 is 0 Å². The van der Waals surface area contributed by atoms with Crippen molar-refractivity contribution in [2.45, 2.75) is 13.5 Å². The van der Waals surface area contributed by atoms with Crippen molar-refractivity contribution >= 4 is 59.0 Å². The summed E-state index contributed by atoms with van der Waals surface area (Å²) in [6.07, 6.45) is 0. The summed E-state index contributed by atoms with van der Waals surface area (Å²) in [4.78, 5) is 2.24. The molecule has 0 unspecified atom stereocenters. The van der Waals surface area contributed by atoms with Gasteiger partial charge in [-0.2, -0.15) is 0 Å². The predicted molar refractivity (Wildman–Crippen MR) is 126 cm³/mol. The van der Waals surface area contributed by atoms with E-state index in [1.165, 1.54) is 54.2 Å². The van der Waals surface area contributed by atoms with Gasteiger partial charge in [0.2, 0.25) is 0 Å². The highest BCUT2D eigenvalue weighted by molar-refractivity contribution is 9.10. The molecule has 5 rings (SSSR count). The summed E-state index contributed by atoms with van der Waals surface area (Å²) in [7, 11) is 4.27. The fraction of sp³-hybridized carbons (Fsp3) is 0.154. The van der Waals surface area contributed by atoms with Crippen LogP contribution in [0.2, 0.25) is 0 Å². The second-order valence-corrected chi connectivity index (χ2v) is 8.84. The van der Waals surface area contributed by atoms with E-state index in [2.05, 4.69) is 109 Å². The number of nitrogens with zero attached hydrogens (tertiary/aromatic N) is 1. The van der Waals surface area contributed by atoms with Gasteiger partial charge in [0.15, 0.2) is 0 Å². The van der Waals surface area contributed by atoms with E-state index in [1.54, 1.807) is 0 Å². The molecule has 0 aromatic heterocycles. The number of aryl methyl sites for hydroxylation is 1. The first-order valence-electron chi connectivity index (χ1n) is 9.63. The summed E-state index contributed by atoms with van der Waals surface area (Å²) in [6.45, 7) is 3.10. The molecule has 138 valence electrons. The Morgan fingerprint density at radius 2 is 1.32 bits per heavy atom. The highest BCUT2D eigenvalue weighted by Gasteiger charge is 2.14. The first kappa shape index (κ1) is 17.7. The highest BCUT2D eigenvalue weighted by Crippen LogP contribution is 2.40. The molecule has 1 nitrogen and oxygen atoms in total. The van der Waals surface area contributed by atoms with Crippen LogP contribution in [0.1, 0.15) is 11.1 Å². The number of rotatable bonds is 2. The SMILES string of the molecule is Cc1ccc2ccc3ccc4ccc5c(Br)ccc(CN(C)C)c5c4c3c2c1. The number of hydrogen-bond acceptors (Lipinski definition) is 1. The molecule has 0 aliphatic heterocycles. The molecular formula is C26H22BrN. The Hall–Kier alpha value is -2.42. The molecule has 0 saturated heterocycles. The molecule has 5 aromatic carbocycles. The number of hydrogen-bond donors (Lipinski definition) is 0. The Morgan fingerprint density at radius 1 is 0.679 bits per heavy atom. The maximum Gasteiger partial charge on any atom is 0.0254 e. The molecule has 0 radical (unpaired) electrons. The second-order valence-electron chi connectivity index (χ2n) is 7.98. The molecule has 0 spiro atoms. The van der Waals surface area contributed by atoms with Crippen LogP contribution >= 0.6 is 15.9 Å².